The molecule has 0 bridgehead atoms. The van der Waals surface area contributed by atoms with Gasteiger partial charge in [-0.15, -0.1) is 0 Å². The van der Waals surface area contributed by atoms with Crippen molar-refractivity contribution in [2.75, 3.05) is 19.5 Å². The summed E-state index contributed by atoms with van der Waals surface area (Å²) in [5.74, 6) is 0.845. The molecule has 1 N–H and O–H groups in total. The van der Waals surface area contributed by atoms with Crippen LogP contribution >= 0.6 is 0 Å². The summed E-state index contributed by atoms with van der Waals surface area (Å²) in [4.78, 5) is 21.6. The molecule has 0 radical (unpaired) electrons. The minimum absolute atomic E-state index is 0.183. The number of hydrogen-bond acceptors (Lipinski definition) is 4. The topological polar surface area (TPSA) is 64.6 Å². The minimum Gasteiger partial charge on any atom is -0.496 e. The van der Waals surface area contributed by atoms with Crippen LogP contribution in [0.15, 0.2) is 12.1 Å². The van der Waals surface area contributed by atoms with E-state index in [1.54, 1.807) is 12.1 Å². The summed E-state index contributed by atoms with van der Waals surface area (Å²) in [6.45, 7) is 1.41. The zero-order valence-corrected chi connectivity index (χ0v) is 10.1. The lowest BCUT2D eigenvalue weighted by Crippen LogP contribution is -2.07. The molecule has 0 spiro atoms. The van der Waals surface area contributed by atoms with Crippen molar-refractivity contribution in [3.63, 3.8) is 0 Å². The number of aldehydes is 1. The number of benzene rings is 1. The van der Waals surface area contributed by atoms with E-state index in [2.05, 4.69) is 5.32 Å². The third kappa shape index (κ3) is 3.21. The van der Waals surface area contributed by atoms with Crippen molar-refractivity contribution in [1.82, 2.24) is 0 Å². The van der Waals surface area contributed by atoms with Gasteiger partial charge in [-0.05, 0) is 0 Å². The molecule has 1 rings (SSSR count). The van der Waals surface area contributed by atoms with Gasteiger partial charge in [-0.2, -0.15) is 0 Å². The van der Waals surface area contributed by atoms with E-state index in [-0.39, 0.29) is 12.3 Å². The van der Waals surface area contributed by atoms with Gasteiger partial charge in [0.1, 0.15) is 17.8 Å². The number of nitrogens with one attached hydrogen (secondary N) is 1. The molecule has 1 aromatic carbocycles. The van der Waals surface area contributed by atoms with Gasteiger partial charge in [0.2, 0.25) is 5.91 Å². The van der Waals surface area contributed by atoms with Crippen LogP contribution in [0.4, 0.5) is 5.69 Å². The Labute approximate surface area is 99.7 Å². The molecule has 0 fully saturated rings. The number of ether oxygens (including phenoxy) is 2. The molecule has 5 nitrogen and oxygen atoms in total. The Bertz CT molecular complexity index is 404. The van der Waals surface area contributed by atoms with Crippen molar-refractivity contribution < 1.29 is 19.1 Å². The molecule has 0 aromatic heterocycles. The second kappa shape index (κ2) is 5.89. The van der Waals surface area contributed by atoms with Crippen LogP contribution in [-0.4, -0.2) is 26.4 Å². The molecule has 0 aliphatic heterocycles. The van der Waals surface area contributed by atoms with E-state index < -0.39 is 0 Å². The molecule has 17 heavy (non-hydrogen) atoms. The van der Waals surface area contributed by atoms with Gasteiger partial charge in [0.05, 0.1) is 14.2 Å². The molecular formula is C12H15NO4. The Morgan fingerprint density at radius 2 is 1.82 bits per heavy atom. The van der Waals surface area contributed by atoms with Crippen molar-refractivity contribution in [2.45, 2.75) is 13.3 Å². The maximum Gasteiger partial charge on any atom is 0.221 e. The van der Waals surface area contributed by atoms with Crippen LogP contribution in [0.1, 0.15) is 12.5 Å². The zero-order chi connectivity index (χ0) is 12.8. The number of hydrogen-bond donors (Lipinski definition) is 1. The summed E-state index contributed by atoms with van der Waals surface area (Å²) in [7, 11) is 3.00. The van der Waals surface area contributed by atoms with Crippen LogP contribution in [0.25, 0.3) is 0 Å². The van der Waals surface area contributed by atoms with E-state index in [1.165, 1.54) is 21.1 Å². The number of carbonyl (C=O) groups excluding carboxylic acids is 2. The maximum absolute atomic E-state index is 11.0. The first kappa shape index (κ1) is 13.0. The molecule has 0 aliphatic rings. The van der Waals surface area contributed by atoms with Crippen molar-refractivity contribution >= 4 is 17.9 Å². The van der Waals surface area contributed by atoms with Gasteiger partial charge in [-0.1, -0.05) is 0 Å². The summed E-state index contributed by atoms with van der Waals surface area (Å²) >= 11 is 0. The van der Waals surface area contributed by atoms with Gasteiger partial charge in [0, 0.05) is 36.7 Å². The SMILES string of the molecule is COc1cc(NC(C)=O)cc(OC)c1CC=O. The summed E-state index contributed by atoms with van der Waals surface area (Å²) in [5.41, 5.74) is 1.24. The van der Waals surface area contributed by atoms with Gasteiger partial charge in [0.25, 0.3) is 0 Å². The highest BCUT2D eigenvalue weighted by Gasteiger charge is 2.12. The molecule has 92 valence electrons. The van der Waals surface area contributed by atoms with Gasteiger partial charge >= 0.3 is 0 Å². The Morgan fingerprint density at radius 1 is 1.29 bits per heavy atom. The quantitative estimate of drug-likeness (QED) is 0.786. The van der Waals surface area contributed by atoms with Crippen LogP contribution in [0.5, 0.6) is 11.5 Å². The van der Waals surface area contributed by atoms with Crippen molar-refractivity contribution in [3.8, 4) is 11.5 Å². The third-order valence-corrected chi connectivity index (χ3v) is 2.22. The normalized spacial score (nSPS) is 9.59. The largest absolute Gasteiger partial charge is 0.496 e. The highest BCUT2D eigenvalue weighted by atomic mass is 16.5. The van der Waals surface area contributed by atoms with Crippen LogP contribution in [0, 0.1) is 0 Å². The van der Waals surface area contributed by atoms with Crippen LogP contribution in [-0.2, 0) is 16.0 Å². The molecule has 0 saturated heterocycles. The lowest BCUT2D eigenvalue weighted by atomic mass is 10.1. The maximum atomic E-state index is 11.0. The standard InChI is InChI=1S/C12H15NO4/c1-8(15)13-9-6-11(16-2)10(4-5-14)12(7-9)17-3/h5-7H,4H2,1-3H3,(H,13,15). The fourth-order valence-corrected chi connectivity index (χ4v) is 1.54. The van der Waals surface area contributed by atoms with E-state index in [0.29, 0.717) is 22.7 Å². The van der Waals surface area contributed by atoms with E-state index in [0.717, 1.165) is 6.29 Å². The first-order valence-corrected chi connectivity index (χ1v) is 5.08. The Morgan fingerprint density at radius 3 is 2.18 bits per heavy atom. The monoisotopic (exact) mass is 237 g/mol. The minimum atomic E-state index is -0.183. The van der Waals surface area contributed by atoms with Crippen LogP contribution in [0.2, 0.25) is 0 Å². The lowest BCUT2D eigenvalue weighted by Gasteiger charge is -2.14. The molecule has 0 aliphatic carbocycles. The predicted octanol–water partition coefficient (Wildman–Crippen LogP) is 1.40. The smallest absolute Gasteiger partial charge is 0.221 e. The summed E-state index contributed by atoms with van der Waals surface area (Å²) < 4.78 is 10.3. The molecule has 0 saturated carbocycles. The first-order chi connectivity index (χ1) is 8.12. The third-order valence-electron chi connectivity index (χ3n) is 2.22. The molecular weight excluding hydrogens is 222 g/mol. The summed E-state index contributed by atoms with van der Waals surface area (Å²) in [6, 6.07) is 3.31. The highest BCUT2D eigenvalue weighted by molar-refractivity contribution is 5.89. The predicted molar refractivity (Wildman–Crippen MR) is 63.6 cm³/mol. The number of rotatable bonds is 5. The summed E-state index contributed by atoms with van der Waals surface area (Å²) in [5, 5.41) is 2.64. The van der Waals surface area contributed by atoms with E-state index in [1.807, 2.05) is 0 Å². The summed E-state index contributed by atoms with van der Waals surface area (Å²) in [6.07, 6.45) is 0.977. The highest BCUT2D eigenvalue weighted by Crippen LogP contribution is 2.32. The number of amides is 1. The zero-order valence-electron chi connectivity index (χ0n) is 10.1. The first-order valence-electron chi connectivity index (χ1n) is 5.08. The lowest BCUT2D eigenvalue weighted by molar-refractivity contribution is -0.114. The van der Waals surface area contributed by atoms with Gasteiger partial charge in [0.15, 0.2) is 0 Å². The van der Waals surface area contributed by atoms with Gasteiger partial charge < -0.3 is 19.6 Å². The Kier molecular flexibility index (Phi) is 4.51. The number of anilines is 1. The molecule has 0 atom stereocenters. The van der Waals surface area contributed by atoms with E-state index in [9.17, 15) is 9.59 Å². The fraction of sp³-hybridized carbons (Fsp3) is 0.333. The molecule has 1 amide bonds. The van der Waals surface area contributed by atoms with Crippen molar-refractivity contribution in [1.29, 1.82) is 0 Å². The molecule has 5 heteroatoms. The average Bonchev–Trinajstić information content (AvgIpc) is 2.30. The molecule has 0 unspecified atom stereocenters. The molecule has 0 heterocycles. The second-order valence-corrected chi connectivity index (χ2v) is 3.41. The van der Waals surface area contributed by atoms with Crippen molar-refractivity contribution in [2.24, 2.45) is 0 Å². The van der Waals surface area contributed by atoms with Crippen molar-refractivity contribution in [3.05, 3.63) is 17.7 Å². The van der Waals surface area contributed by atoms with Gasteiger partial charge in [-0.25, -0.2) is 0 Å². The van der Waals surface area contributed by atoms with Crippen LogP contribution < -0.4 is 14.8 Å². The number of carbonyl (C=O) groups is 2. The van der Waals surface area contributed by atoms with E-state index >= 15 is 0 Å². The second-order valence-electron chi connectivity index (χ2n) is 3.41. The van der Waals surface area contributed by atoms with Gasteiger partial charge in [-0.3, -0.25) is 4.79 Å². The van der Waals surface area contributed by atoms with Crippen LogP contribution in [0.3, 0.4) is 0 Å². The van der Waals surface area contributed by atoms with E-state index in [4.69, 9.17) is 9.47 Å². The number of methoxy groups -OCH3 is 2. The average molecular weight is 237 g/mol. The Balaban J connectivity index is 3.22. The molecule has 1 aromatic rings. The Hall–Kier alpha value is -2.04. The fourth-order valence-electron chi connectivity index (χ4n) is 1.54.